The molecule has 0 heterocycles. The SMILES string of the molecule is CCC(CNCc1ccc(C(=O)O)cc1)Oc1cccc(F)c1. The van der Waals surface area contributed by atoms with Gasteiger partial charge >= 0.3 is 5.97 Å². The normalized spacial score (nSPS) is 11.9. The molecule has 0 amide bonds. The van der Waals surface area contributed by atoms with Crippen molar-refractivity contribution in [1.29, 1.82) is 0 Å². The van der Waals surface area contributed by atoms with E-state index in [1.54, 1.807) is 36.4 Å². The quantitative estimate of drug-likeness (QED) is 0.783. The highest BCUT2D eigenvalue weighted by Gasteiger charge is 2.08. The lowest BCUT2D eigenvalue weighted by Gasteiger charge is -2.18. The van der Waals surface area contributed by atoms with Crippen LogP contribution in [0, 0.1) is 5.82 Å². The van der Waals surface area contributed by atoms with Gasteiger partial charge in [0.2, 0.25) is 0 Å². The zero-order valence-corrected chi connectivity index (χ0v) is 13.0. The van der Waals surface area contributed by atoms with E-state index in [9.17, 15) is 9.18 Å². The lowest BCUT2D eigenvalue weighted by atomic mass is 10.1. The summed E-state index contributed by atoms with van der Waals surface area (Å²) in [4.78, 5) is 10.8. The van der Waals surface area contributed by atoms with E-state index in [4.69, 9.17) is 9.84 Å². The van der Waals surface area contributed by atoms with Gasteiger partial charge in [0.1, 0.15) is 17.7 Å². The molecular formula is C18H20FNO3. The fourth-order valence-electron chi connectivity index (χ4n) is 2.14. The Labute approximate surface area is 134 Å². The van der Waals surface area contributed by atoms with Crippen molar-refractivity contribution in [3.63, 3.8) is 0 Å². The number of hydrogen-bond donors (Lipinski definition) is 2. The molecule has 1 unspecified atom stereocenters. The molecule has 0 spiro atoms. The summed E-state index contributed by atoms with van der Waals surface area (Å²) in [5.41, 5.74) is 1.27. The minimum absolute atomic E-state index is 0.0601. The number of nitrogens with one attached hydrogen (secondary N) is 1. The molecule has 0 saturated carbocycles. The molecule has 0 aliphatic heterocycles. The Bertz CT molecular complexity index is 643. The maximum Gasteiger partial charge on any atom is 0.335 e. The average molecular weight is 317 g/mol. The molecule has 0 bridgehead atoms. The van der Waals surface area contributed by atoms with Crippen molar-refractivity contribution in [3.05, 3.63) is 65.5 Å². The number of aromatic carboxylic acids is 1. The number of carboxylic acids is 1. The van der Waals surface area contributed by atoms with Crippen molar-refractivity contribution in [3.8, 4) is 5.75 Å². The molecule has 2 rings (SSSR count). The Hall–Kier alpha value is -2.40. The van der Waals surface area contributed by atoms with Crippen molar-refractivity contribution in [2.24, 2.45) is 0 Å². The highest BCUT2D eigenvalue weighted by Crippen LogP contribution is 2.15. The highest BCUT2D eigenvalue weighted by atomic mass is 19.1. The number of rotatable bonds is 8. The van der Waals surface area contributed by atoms with E-state index in [0.29, 0.717) is 18.8 Å². The van der Waals surface area contributed by atoms with Gasteiger partial charge in [-0.05, 0) is 36.2 Å². The van der Waals surface area contributed by atoms with Crippen LogP contribution < -0.4 is 10.1 Å². The molecule has 2 aromatic carbocycles. The largest absolute Gasteiger partial charge is 0.489 e. The Balaban J connectivity index is 1.82. The van der Waals surface area contributed by atoms with E-state index < -0.39 is 5.97 Å². The first-order chi connectivity index (χ1) is 11.1. The number of carboxylic acid groups (broad SMARTS) is 1. The van der Waals surface area contributed by atoms with Gasteiger partial charge < -0.3 is 15.2 Å². The van der Waals surface area contributed by atoms with E-state index >= 15 is 0 Å². The first-order valence-corrected chi connectivity index (χ1v) is 7.53. The van der Waals surface area contributed by atoms with Gasteiger partial charge in [0.15, 0.2) is 0 Å². The minimum Gasteiger partial charge on any atom is -0.489 e. The monoisotopic (exact) mass is 317 g/mol. The average Bonchev–Trinajstić information content (AvgIpc) is 2.54. The van der Waals surface area contributed by atoms with Crippen LogP contribution in [0.4, 0.5) is 4.39 Å². The van der Waals surface area contributed by atoms with Crippen molar-refractivity contribution < 1.29 is 19.0 Å². The van der Waals surface area contributed by atoms with E-state index in [1.165, 1.54) is 12.1 Å². The molecule has 122 valence electrons. The molecule has 5 heteroatoms. The first kappa shape index (κ1) is 17.0. The number of ether oxygens (including phenoxy) is 1. The van der Waals surface area contributed by atoms with Gasteiger partial charge in [-0.3, -0.25) is 0 Å². The smallest absolute Gasteiger partial charge is 0.335 e. The summed E-state index contributed by atoms with van der Waals surface area (Å²) in [6, 6.07) is 12.8. The molecule has 1 atom stereocenters. The van der Waals surface area contributed by atoms with Gasteiger partial charge in [0.05, 0.1) is 5.56 Å². The van der Waals surface area contributed by atoms with Crippen molar-refractivity contribution in [1.82, 2.24) is 5.32 Å². The van der Waals surface area contributed by atoms with Crippen LogP contribution in [0.15, 0.2) is 48.5 Å². The summed E-state index contributed by atoms with van der Waals surface area (Å²) in [6.07, 6.45) is 0.733. The second-order valence-electron chi connectivity index (χ2n) is 5.24. The standard InChI is InChI=1S/C18H20FNO3/c1-2-16(23-17-5-3-4-15(19)10-17)12-20-11-13-6-8-14(9-7-13)18(21)22/h3-10,16,20H,2,11-12H2,1H3,(H,21,22). The van der Waals surface area contributed by atoms with Gasteiger partial charge in [-0.2, -0.15) is 0 Å². The summed E-state index contributed by atoms with van der Waals surface area (Å²) in [7, 11) is 0. The molecule has 0 aromatic heterocycles. The Morgan fingerprint density at radius 3 is 2.61 bits per heavy atom. The Morgan fingerprint density at radius 2 is 2.00 bits per heavy atom. The minimum atomic E-state index is -0.931. The first-order valence-electron chi connectivity index (χ1n) is 7.53. The lowest BCUT2D eigenvalue weighted by molar-refractivity contribution is 0.0697. The lowest BCUT2D eigenvalue weighted by Crippen LogP contribution is -2.30. The topological polar surface area (TPSA) is 58.6 Å². The zero-order chi connectivity index (χ0) is 16.7. The second kappa shape index (κ2) is 8.29. The maximum absolute atomic E-state index is 13.1. The zero-order valence-electron chi connectivity index (χ0n) is 13.0. The number of hydrogen-bond acceptors (Lipinski definition) is 3. The molecule has 0 radical (unpaired) electrons. The van der Waals surface area contributed by atoms with Gasteiger partial charge in [-0.15, -0.1) is 0 Å². The van der Waals surface area contributed by atoms with Crippen molar-refractivity contribution >= 4 is 5.97 Å². The van der Waals surface area contributed by atoms with Gasteiger partial charge in [0.25, 0.3) is 0 Å². The van der Waals surface area contributed by atoms with Crippen LogP contribution in [-0.2, 0) is 6.54 Å². The molecule has 0 aliphatic rings. The van der Waals surface area contributed by atoms with E-state index in [0.717, 1.165) is 12.0 Å². The third-order valence-electron chi connectivity index (χ3n) is 3.46. The third kappa shape index (κ3) is 5.38. The van der Waals surface area contributed by atoms with E-state index in [1.807, 2.05) is 6.92 Å². The summed E-state index contributed by atoms with van der Waals surface area (Å²) in [5, 5.41) is 12.1. The van der Waals surface area contributed by atoms with Gasteiger partial charge in [0, 0.05) is 19.2 Å². The van der Waals surface area contributed by atoms with Crippen LogP contribution in [0.1, 0.15) is 29.3 Å². The van der Waals surface area contributed by atoms with Crippen LogP contribution in [0.2, 0.25) is 0 Å². The number of benzene rings is 2. The predicted molar refractivity (Wildman–Crippen MR) is 86.2 cm³/mol. The van der Waals surface area contributed by atoms with E-state index in [-0.39, 0.29) is 17.5 Å². The third-order valence-corrected chi connectivity index (χ3v) is 3.46. The predicted octanol–water partition coefficient (Wildman–Crippen LogP) is 3.47. The fraction of sp³-hybridized carbons (Fsp3) is 0.278. The molecule has 2 aromatic rings. The molecule has 0 saturated heterocycles. The van der Waals surface area contributed by atoms with Crippen LogP contribution in [0.5, 0.6) is 5.75 Å². The van der Waals surface area contributed by atoms with Crippen LogP contribution >= 0.6 is 0 Å². The van der Waals surface area contributed by atoms with Crippen molar-refractivity contribution in [2.75, 3.05) is 6.54 Å². The van der Waals surface area contributed by atoms with Crippen LogP contribution in [-0.4, -0.2) is 23.7 Å². The molecule has 0 fully saturated rings. The molecular weight excluding hydrogens is 297 g/mol. The summed E-state index contributed by atoms with van der Waals surface area (Å²) in [6.45, 7) is 3.24. The van der Waals surface area contributed by atoms with Crippen molar-refractivity contribution in [2.45, 2.75) is 26.0 Å². The summed E-state index contributed by atoms with van der Waals surface area (Å²) in [5.74, 6) is -0.729. The number of carbonyl (C=O) groups is 1. The Kier molecular flexibility index (Phi) is 6.11. The number of halogens is 1. The second-order valence-corrected chi connectivity index (χ2v) is 5.24. The molecule has 4 nitrogen and oxygen atoms in total. The maximum atomic E-state index is 13.1. The van der Waals surface area contributed by atoms with Crippen LogP contribution in [0.25, 0.3) is 0 Å². The van der Waals surface area contributed by atoms with Gasteiger partial charge in [-0.1, -0.05) is 25.1 Å². The molecule has 2 N–H and O–H groups in total. The summed E-state index contributed by atoms with van der Waals surface area (Å²) < 4.78 is 18.9. The Morgan fingerprint density at radius 1 is 1.26 bits per heavy atom. The van der Waals surface area contributed by atoms with Crippen LogP contribution in [0.3, 0.4) is 0 Å². The highest BCUT2D eigenvalue weighted by molar-refractivity contribution is 5.87. The molecule has 0 aliphatic carbocycles. The van der Waals surface area contributed by atoms with E-state index in [2.05, 4.69) is 5.32 Å². The molecule has 23 heavy (non-hydrogen) atoms. The summed E-state index contributed by atoms with van der Waals surface area (Å²) >= 11 is 0. The fourth-order valence-corrected chi connectivity index (χ4v) is 2.14. The van der Waals surface area contributed by atoms with Gasteiger partial charge in [-0.25, -0.2) is 9.18 Å².